The fourth-order valence-corrected chi connectivity index (χ4v) is 1.70. The quantitative estimate of drug-likeness (QED) is 0.641. The van der Waals surface area contributed by atoms with Crippen LogP contribution in [-0.4, -0.2) is 23.2 Å². The van der Waals surface area contributed by atoms with E-state index in [9.17, 15) is 9.90 Å². The van der Waals surface area contributed by atoms with Crippen LogP contribution in [0.5, 0.6) is 0 Å². The van der Waals surface area contributed by atoms with Gasteiger partial charge in [-0.25, -0.2) is 0 Å². The normalized spacial score (nSPS) is 30.5. The average molecular weight is 171 g/mol. The first-order valence-corrected chi connectivity index (χ1v) is 4.55. The molecule has 0 aliphatic carbocycles. The molecule has 1 saturated heterocycles. The summed E-state index contributed by atoms with van der Waals surface area (Å²) in [5.74, 6) is 0.556. The van der Waals surface area contributed by atoms with Crippen molar-refractivity contribution in [2.45, 2.75) is 45.3 Å². The second kappa shape index (κ2) is 3.90. The van der Waals surface area contributed by atoms with Crippen molar-refractivity contribution in [3.05, 3.63) is 0 Å². The lowest BCUT2D eigenvalue weighted by molar-refractivity contribution is -0.126. The minimum atomic E-state index is -0.428. The molecule has 1 fully saturated rings. The summed E-state index contributed by atoms with van der Waals surface area (Å²) in [6.07, 6.45) is 1.52. The van der Waals surface area contributed by atoms with Crippen molar-refractivity contribution in [1.29, 1.82) is 0 Å². The Balaban J connectivity index is 2.39. The van der Waals surface area contributed by atoms with Crippen LogP contribution in [0.2, 0.25) is 0 Å². The first kappa shape index (κ1) is 9.52. The number of hydrogen-bond donors (Lipinski definition) is 2. The van der Waals surface area contributed by atoms with E-state index in [-0.39, 0.29) is 18.4 Å². The van der Waals surface area contributed by atoms with Crippen molar-refractivity contribution in [2.24, 2.45) is 5.92 Å². The summed E-state index contributed by atoms with van der Waals surface area (Å²) in [6, 6.07) is 0.182. The van der Waals surface area contributed by atoms with Crippen LogP contribution in [0.3, 0.4) is 0 Å². The van der Waals surface area contributed by atoms with Crippen LogP contribution in [0.1, 0.15) is 33.1 Å². The zero-order valence-electron chi connectivity index (χ0n) is 7.71. The van der Waals surface area contributed by atoms with Crippen LogP contribution >= 0.6 is 0 Å². The maximum atomic E-state index is 11.0. The van der Waals surface area contributed by atoms with Gasteiger partial charge >= 0.3 is 0 Å². The summed E-state index contributed by atoms with van der Waals surface area (Å²) >= 11 is 0. The molecular weight excluding hydrogens is 154 g/mol. The third-order valence-corrected chi connectivity index (χ3v) is 2.10. The van der Waals surface area contributed by atoms with Crippen LogP contribution < -0.4 is 5.32 Å². The minimum Gasteiger partial charge on any atom is -0.393 e. The van der Waals surface area contributed by atoms with Gasteiger partial charge in [0.2, 0.25) is 5.91 Å². The number of carbonyl (C=O) groups is 1. The first-order chi connectivity index (χ1) is 5.58. The molecule has 2 N–H and O–H groups in total. The van der Waals surface area contributed by atoms with Gasteiger partial charge in [-0.1, -0.05) is 13.8 Å². The van der Waals surface area contributed by atoms with Crippen molar-refractivity contribution in [2.75, 3.05) is 0 Å². The Morgan fingerprint density at radius 3 is 2.83 bits per heavy atom. The summed E-state index contributed by atoms with van der Waals surface area (Å²) in [7, 11) is 0. The fourth-order valence-electron chi connectivity index (χ4n) is 1.70. The van der Waals surface area contributed by atoms with Crippen LogP contribution in [-0.2, 0) is 4.79 Å². The van der Waals surface area contributed by atoms with Gasteiger partial charge in [-0.15, -0.1) is 0 Å². The maximum Gasteiger partial charge on any atom is 0.222 e. The maximum absolute atomic E-state index is 11.0. The van der Waals surface area contributed by atoms with Gasteiger partial charge in [-0.3, -0.25) is 4.79 Å². The molecule has 0 saturated carbocycles. The SMILES string of the molecule is CC(C)CC1CC(O)CC(=O)N1. The highest BCUT2D eigenvalue weighted by atomic mass is 16.3. The van der Waals surface area contributed by atoms with Gasteiger partial charge in [0, 0.05) is 6.04 Å². The average Bonchev–Trinajstić information content (AvgIpc) is 1.81. The van der Waals surface area contributed by atoms with Gasteiger partial charge in [-0.05, 0) is 18.8 Å². The van der Waals surface area contributed by atoms with Gasteiger partial charge in [0.05, 0.1) is 12.5 Å². The van der Waals surface area contributed by atoms with Crippen molar-refractivity contribution in [3.63, 3.8) is 0 Å². The predicted molar refractivity (Wildman–Crippen MR) is 46.6 cm³/mol. The number of nitrogens with one attached hydrogen (secondary N) is 1. The van der Waals surface area contributed by atoms with Gasteiger partial charge in [0.25, 0.3) is 0 Å². The molecule has 70 valence electrons. The van der Waals surface area contributed by atoms with Crippen molar-refractivity contribution in [3.8, 4) is 0 Å². The highest BCUT2D eigenvalue weighted by molar-refractivity contribution is 5.77. The van der Waals surface area contributed by atoms with Gasteiger partial charge in [0.1, 0.15) is 0 Å². The summed E-state index contributed by atoms with van der Waals surface area (Å²) in [4.78, 5) is 11.0. The van der Waals surface area contributed by atoms with Crippen molar-refractivity contribution in [1.82, 2.24) is 5.32 Å². The topological polar surface area (TPSA) is 49.3 Å². The van der Waals surface area contributed by atoms with Gasteiger partial charge < -0.3 is 10.4 Å². The van der Waals surface area contributed by atoms with Crippen LogP contribution in [0.25, 0.3) is 0 Å². The highest BCUT2D eigenvalue weighted by Gasteiger charge is 2.24. The summed E-state index contributed by atoms with van der Waals surface area (Å²) in [5.41, 5.74) is 0. The third-order valence-electron chi connectivity index (χ3n) is 2.10. The Morgan fingerprint density at radius 1 is 1.67 bits per heavy atom. The number of carbonyl (C=O) groups excluding carboxylic acids is 1. The van der Waals surface area contributed by atoms with E-state index >= 15 is 0 Å². The summed E-state index contributed by atoms with van der Waals surface area (Å²) < 4.78 is 0. The Kier molecular flexibility index (Phi) is 3.09. The number of aliphatic hydroxyl groups is 1. The molecule has 3 heteroatoms. The number of piperidine rings is 1. The first-order valence-electron chi connectivity index (χ1n) is 4.55. The molecule has 1 heterocycles. The zero-order chi connectivity index (χ0) is 9.14. The lowest BCUT2D eigenvalue weighted by atomic mass is 9.94. The lowest BCUT2D eigenvalue weighted by Gasteiger charge is -2.27. The summed E-state index contributed by atoms with van der Waals surface area (Å²) in [6.45, 7) is 4.24. The van der Waals surface area contributed by atoms with Crippen LogP contribution in [0, 0.1) is 5.92 Å². The van der Waals surface area contributed by atoms with E-state index in [0.29, 0.717) is 12.3 Å². The van der Waals surface area contributed by atoms with Crippen LogP contribution in [0.4, 0.5) is 0 Å². The Hall–Kier alpha value is -0.570. The minimum absolute atomic E-state index is 0.0144. The Bertz CT molecular complexity index is 166. The molecule has 0 aromatic carbocycles. The molecule has 0 bridgehead atoms. The molecule has 2 unspecified atom stereocenters. The molecular formula is C9H17NO2. The predicted octanol–water partition coefficient (Wildman–Crippen LogP) is 0.672. The second-order valence-corrected chi connectivity index (χ2v) is 3.99. The van der Waals surface area contributed by atoms with Crippen molar-refractivity contribution < 1.29 is 9.90 Å². The molecule has 3 nitrogen and oxygen atoms in total. The van der Waals surface area contributed by atoms with Gasteiger partial charge in [-0.2, -0.15) is 0 Å². The molecule has 1 amide bonds. The van der Waals surface area contributed by atoms with E-state index in [1.807, 2.05) is 0 Å². The van der Waals surface area contributed by atoms with E-state index in [4.69, 9.17) is 0 Å². The largest absolute Gasteiger partial charge is 0.393 e. The molecule has 0 aromatic rings. The number of hydrogen-bond acceptors (Lipinski definition) is 2. The molecule has 12 heavy (non-hydrogen) atoms. The third kappa shape index (κ3) is 2.81. The molecule has 0 spiro atoms. The van der Waals surface area contributed by atoms with E-state index in [0.717, 1.165) is 6.42 Å². The number of aliphatic hydroxyl groups excluding tert-OH is 1. The standard InChI is InChI=1S/C9H17NO2/c1-6(2)3-7-4-8(11)5-9(12)10-7/h6-8,11H,3-5H2,1-2H3,(H,10,12). The zero-order valence-corrected chi connectivity index (χ0v) is 7.71. The monoisotopic (exact) mass is 171 g/mol. The number of rotatable bonds is 2. The van der Waals surface area contributed by atoms with E-state index in [2.05, 4.69) is 19.2 Å². The Morgan fingerprint density at radius 2 is 2.33 bits per heavy atom. The molecule has 1 aliphatic heterocycles. The molecule has 1 aliphatic rings. The summed E-state index contributed by atoms with van der Waals surface area (Å²) in [5, 5.41) is 12.2. The lowest BCUT2D eigenvalue weighted by Crippen LogP contribution is -2.44. The molecule has 0 aromatic heterocycles. The molecule has 1 rings (SSSR count). The highest BCUT2D eigenvalue weighted by Crippen LogP contribution is 2.15. The smallest absolute Gasteiger partial charge is 0.222 e. The molecule has 2 atom stereocenters. The number of amides is 1. The molecule has 0 radical (unpaired) electrons. The van der Waals surface area contributed by atoms with Gasteiger partial charge in [0.15, 0.2) is 0 Å². The second-order valence-electron chi connectivity index (χ2n) is 3.99. The fraction of sp³-hybridized carbons (Fsp3) is 0.889. The van der Waals surface area contributed by atoms with E-state index < -0.39 is 6.10 Å². The van der Waals surface area contributed by atoms with Crippen molar-refractivity contribution >= 4 is 5.91 Å². The Labute approximate surface area is 73.2 Å². The van der Waals surface area contributed by atoms with E-state index in [1.54, 1.807) is 0 Å². The van der Waals surface area contributed by atoms with Crippen LogP contribution in [0.15, 0.2) is 0 Å². The van der Waals surface area contributed by atoms with E-state index in [1.165, 1.54) is 0 Å².